The molecule has 0 aromatic carbocycles. The summed E-state index contributed by atoms with van der Waals surface area (Å²) in [5, 5.41) is 0. The highest BCUT2D eigenvalue weighted by Gasteiger charge is 2.31. The number of methoxy groups -OCH3 is 1. The molecule has 7 heteroatoms. The van der Waals surface area contributed by atoms with Crippen molar-refractivity contribution in [1.82, 2.24) is 4.72 Å². The number of rotatable bonds is 4. The van der Waals surface area contributed by atoms with E-state index in [1.807, 2.05) is 13.8 Å². The minimum atomic E-state index is -3.62. The molecule has 0 fully saturated rings. The Balaban J connectivity index is 0.000000956. The van der Waals surface area contributed by atoms with Crippen molar-refractivity contribution in [3.05, 3.63) is 11.3 Å². The van der Waals surface area contributed by atoms with E-state index in [1.165, 1.54) is 0 Å². The van der Waals surface area contributed by atoms with Crippen LogP contribution in [0.1, 0.15) is 46.0 Å². The largest absolute Gasteiger partial charge is 0.385 e. The topological polar surface area (TPSA) is 93.8 Å². The van der Waals surface area contributed by atoms with E-state index in [2.05, 4.69) is 9.12 Å². The van der Waals surface area contributed by atoms with Crippen molar-refractivity contribution in [2.24, 2.45) is 16.0 Å². The van der Waals surface area contributed by atoms with Gasteiger partial charge in [-0.05, 0) is 38.0 Å². The third-order valence-corrected chi connectivity index (χ3v) is 4.30. The van der Waals surface area contributed by atoms with Crippen LogP contribution in [0.25, 0.3) is 0 Å². The Morgan fingerprint density at radius 1 is 1.45 bits per heavy atom. The lowest BCUT2D eigenvalue weighted by Gasteiger charge is -2.30. The maximum absolute atomic E-state index is 11.5. The second-order valence-corrected chi connectivity index (χ2v) is 6.01. The highest BCUT2D eigenvalue weighted by atomic mass is 32.2. The molecule has 0 saturated carbocycles. The summed E-state index contributed by atoms with van der Waals surface area (Å²) in [7, 11) is -1.94. The van der Waals surface area contributed by atoms with Crippen molar-refractivity contribution in [1.29, 1.82) is 0 Å². The number of ether oxygens (including phenoxy) is 1. The predicted octanol–water partition coefficient (Wildman–Crippen LogP) is 1.70. The van der Waals surface area contributed by atoms with Gasteiger partial charge in [-0.3, -0.25) is 4.72 Å². The maximum Gasteiger partial charge on any atom is 0.343 e. The van der Waals surface area contributed by atoms with Gasteiger partial charge in [0, 0.05) is 25.0 Å². The van der Waals surface area contributed by atoms with E-state index in [4.69, 9.17) is 10.5 Å². The first-order valence-electron chi connectivity index (χ1n) is 7.14. The van der Waals surface area contributed by atoms with Gasteiger partial charge in [-0.25, -0.2) is 0 Å². The average Bonchev–Trinajstić information content (AvgIpc) is 2.39. The molecule has 0 radical (unpaired) electrons. The van der Waals surface area contributed by atoms with Crippen LogP contribution in [-0.2, 0) is 14.9 Å². The third kappa shape index (κ3) is 4.21. The van der Waals surface area contributed by atoms with Gasteiger partial charge in [-0.1, -0.05) is 13.8 Å². The quantitative estimate of drug-likeness (QED) is 0.773. The number of allylic oxidation sites excluding steroid dienone is 1. The Morgan fingerprint density at radius 3 is 2.80 bits per heavy atom. The fraction of sp³-hybridized carbons (Fsp3) is 0.769. The van der Waals surface area contributed by atoms with E-state index in [0.29, 0.717) is 6.61 Å². The van der Waals surface area contributed by atoms with Crippen molar-refractivity contribution < 1.29 is 13.2 Å². The Kier molecular flexibility index (Phi) is 6.48. The molecule has 20 heavy (non-hydrogen) atoms. The lowest BCUT2D eigenvalue weighted by molar-refractivity contribution is 0.187. The summed E-state index contributed by atoms with van der Waals surface area (Å²) < 4.78 is 34.0. The number of hydrogen-bond donors (Lipinski definition) is 2. The van der Waals surface area contributed by atoms with E-state index in [0.717, 1.165) is 43.4 Å². The molecular weight excluding hydrogens is 278 g/mol. The molecule has 2 aliphatic rings. The second-order valence-electron chi connectivity index (χ2n) is 4.67. The molecule has 0 amide bonds. The highest BCUT2D eigenvalue weighted by Crippen LogP contribution is 2.34. The van der Waals surface area contributed by atoms with Gasteiger partial charge >= 0.3 is 10.2 Å². The first kappa shape index (κ1) is 17.0. The van der Waals surface area contributed by atoms with Gasteiger partial charge < -0.3 is 10.5 Å². The number of nitrogens with one attached hydrogen (secondary N) is 1. The van der Waals surface area contributed by atoms with Gasteiger partial charge in [0.05, 0.1) is 0 Å². The molecule has 1 heterocycles. The first-order chi connectivity index (χ1) is 9.53. The summed E-state index contributed by atoms with van der Waals surface area (Å²) in [5.41, 5.74) is 7.43. The smallest absolute Gasteiger partial charge is 0.343 e. The molecule has 0 aromatic rings. The predicted molar refractivity (Wildman–Crippen MR) is 80.5 cm³/mol. The average molecular weight is 303 g/mol. The van der Waals surface area contributed by atoms with Gasteiger partial charge in [-0.2, -0.15) is 8.42 Å². The Hall–Kier alpha value is -1.08. The molecule has 0 aromatic heterocycles. The standard InChI is InChI=1S/C11H19N3O3S.C2H6/c1-17-7-3-5-8-4-2-6-9-10(8)11(12)14-18(15,16)13-9;1-2/h8,13H,2-7H2,1H3,(H2,12,14);1-2H3. The molecule has 116 valence electrons. The molecule has 6 nitrogen and oxygen atoms in total. The van der Waals surface area contributed by atoms with E-state index in [-0.39, 0.29) is 11.8 Å². The Morgan fingerprint density at radius 2 is 2.15 bits per heavy atom. The second kappa shape index (κ2) is 7.64. The zero-order valence-corrected chi connectivity index (χ0v) is 13.3. The fourth-order valence-corrected chi connectivity index (χ4v) is 3.57. The summed E-state index contributed by atoms with van der Waals surface area (Å²) in [5.74, 6) is 0.446. The van der Waals surface area contributed by atoms with Crippen LogP contribution in [0.4, 0.5) is 0 Å². The Labute approximate surface area is 121 Å². The van der Waals surface area contributed by atoms with Crippen LogP contribution in [-0.4, -0.2) is 28.0 Å². The lowest BCUT2D eigenvalue weighted by Crippen LogP contribution is -2.38. The van der Waals surface area contributed by atoms with Crippen molar-refractivity contribution in [3.63, 3.8) is 0 Å². The first-order valence-corrected chi connectivity index (χ1v) is 8.58. The van der Waals surface area contributed by atoms with Crippen LogP contribution in [0.2, 0.25) is 0 Å². The normalized spacial score (nSPS) is 23.9. The van der Waals surface area contributed by atoms with Gasteiger partial charge in [0.2, 0.25) is 0 Å². The molecule has 1 aliphatic heterocycles. The van der Waals surface area contributed by atoms with Gasteiger partial charge in [0.15, 0.2) is 0 Å². The molecule has 1 unspecified atom stereocenters. The van der Waals surface area contributed by atoms with Crippen LogP contribution in [0, 0.1) is 5.92 Å². The van der Waals surface area contributed by atoms with Crippen molar-refractivity contribution in [3.8, 4) is 0 Å². The highest BCUT2D eigenvalue weighted by molar-refractivity contribution is 7.88. The third-order valence-electron chi connectivity index (χ3n) is 3.36. The van der Waals surface area contributed by atoms with Crippen LogP contribution in [0.3, 0.4) is 0 Å². The summed E-state index contributed by atoms with van der Waals surface area (Å²) in [6, 6.07) is 0. The van der Waals surface area contributed by atoms with E-state index in [1.54, 1.807) is 7.11 Å². The minimum Gasteiger partial charge on any atom is -0.385 e. The van der Waals surface area contributed by atoms with Crippen LogP contribution < -0.4 is 10.5 Å². The van der Waals surface area contributed by atoms with Crippen molar-refractivity contribution >= 4 is 16.0 Å². The van der Waals surface area contributed by atoms with E-state index in [9.17, 15) is 8.42 Å². The van der Waals surface area contributed by atoms with Crippen molar-refractivity contribution in [2.45, 2.75) is 46.0 Å². The van der Waals surface area contributed by atoms with Crippen molar-refractivity contribution in [2.75, 3.05) is 13.7 Å². The zero-order valence-electron chi connectivity index (χ0n) is 12.5. The van der Waals surface area contributed by atoms with Gasteiger partial charge in [0.25, 0.3) is 0 Å². The van der Waals surface area contributed by atoms with E-state index < -0.39 is 10.2 Å². The van der Waals surface area contributed by atoms with Crippen LogP contribution in [0.15, 0.2) is 15.7 Å². The SMILES string of the molecule is CC.COCCCC1CCCC2=C1C(N)=NS(=O)(=O)N2. The molecule has 1 aliphatic carbocycles. The summed E-state index contributed by atoms with van der Waals surface area (Å²) in [4.78, 5) is 0. The molecule has 0 saturated heterocycles. The zero-order chi connectivity index (χ0) is 15.2. The summed E-state index contributed by atoms with van der Waals surface area (Å²) in [6.07, 6.45) is 4.63. The molecule has 0 bridgehead atoms. The fourth-order valence-electron chi connectivity index (χ4n) is 2.64. The van der Waals surface area contributed by atoms with Crippen LogP contribution >= 0.6 is 0 Å². The monoisotopic (exact) mass is 303 g/mol. The molecule has 0 spiro atoms. The van der Waals surface area contributed by atoms with Crippen LogP contribution in [0.5, 0.6) is 0 Å². The molecule has 2 rings (SSSR count). The number of hydrogen-bond acceptors (Lipinski definition) is 4. The maximum atomic E-state index is 11.5. The lowest BCUT2D eigenvalue weighted by atomic mass is 9.82. The molecule has 3 N–H and O–H groups in total. The molecule has 1 atom stereocenters. The van der Waals surface area contributed by atoms with Gasteiger partial charge in [-0.15, -0.1) is 4.40 Å². The minimum absolute atomic E-state index is 0.158. The number of nitrogens with two attached hydrogens (primary N) is 1. The Bertz CT molecular complexity index is 483. The number of amidine groups is 1. The van der Waals surface area contributed by atoms with E-state index >= 15 is 0 Å². The number of nitrogens with zero attached hydrogens (tertiary/aromatic N) is 1. The molecular formula is C13H25N3O3S. The van der Waals surface area contributed by atoms with Gasteiger partial charge in [0.1, 0.15) is 5.84 Å². The summed E-state index contributed by atoms with van der Waals surface area (Å²) in [6.45, 7) is 4.71. The summed E-state index contributed by atoms with van der Waals surface area (Å²) >= 11 is 0.